The molecule has 0 atom stereocenters. The summed E-state index contributed by atoms with van der Waals surface area (Å²) in [5, 5.41) is 0. The molecule has 14 heavy (non-hydrogen) atoms. The summed E-state index contributed by atoms with van der Waals surface area (Å²) in [6.07, 6.45) is 0. The fourth-order valence-corrected chi connectivity index (χ4v) is 4.28. The lowest BCUT2D eigenvalue weighted by molar-refractivity contribution is 0.482. The Morgan fingerprint density at radius 3 is 1.64 bits per heavy atom. The second-order valence-electron chi connectivity index (χ2n) is 4.92. The fraction of sp³-hybridized carbons (Fsp3) is 1.00. The molecule has 0 unspecified atom stereocenters. The third-order valence-electron chi connectivity index (χ3n) is 1.82. The average molecular weight is 218 g/mol. The van der Waals surface area contributed by atoms with E-state index in [4.69, 9.17) is 0 Å². The molecule has 0 aromatic heterocycles. The van der Waals surface area contributed by atoms with Gasteiger partial charge in [0.05, 0.1) is 0 Å². The second kappa shape index (κ2) is 5.23. The maximum Gasteiger partial charge on any atom is 0.366 e. The van der Waals surface area contributed by atoms with E-state index in [1.165, 1.54) is 0 Å². The predicted octanol–water partition coefficient (Wildman–Crippen LogP) is 0.247. The average Bonchev–Trinajstić information content (AvgIpc) is 1.99. The standard InChI is InChI=1S/C9H26N4Si/c1-8(2)12-14(10-6,11-7)13-9(3,4)5/h8,10-13H,1-7H3. The van der Waals surface area contributed by atoms with Crippen molar-refractivity contribution in [3.8, 4) is 0 Å². The van der Waals surface area contributed by atoms with Crippen molar-refractivity contribution < 1.29 is 0 Å². The topological polar surface area (TPSA) is 48.1 Å². The van der Waals surface area contributed by atoms with Crippen LogP contribution in [0, 0.1) is 0 Å². The van der Waals surface area contributed by atoms with Gasteiger partial charge in [0.25, 0.3) is 0 Å². The van der Waals surface area contributed by atoms with Gasteiger partial charge in [0.2, 0.25) is 0 Å². The van der Waals surface area contributed by atoms with Gasteiger partial charge in [0, 0.05) is 5.54 Å². The van der Waals surface area contributed by atoms with E-state index in [-0.39, 0.29) is 5.54 Å². The summed E-state index contributed by atoms with van der Waals surface area (Å²) >= 11 is 0. The molecule has 0 bridgehead atoms. The first-order chi connectivity index (χ1) is 6.24. The molecule has 0 aliphatic heterocycles. The lowest BCUT2D eigenvalue weighted by Gasteiger charge is -2.38. The van der Waals surface area contributed by atoms with Crippen molar-refractivity contribution >= 4 is 8.72 Å². The summed E-state index contributed by atoms with van der Waals surface area (Å²) in [6.45, 7) is 10.8. The highest BCUT2D eigenvalue weighted by atomic mass is 28.4. The van der Waals surface area contributed by atoms with Crippen molar-refractivity contribution in [1.82, 2.24) is 19.9 Å². The molecular formula is C9H26N4Si. The third kappa shape index (κ3) is 5.07. The summed E-state index contributed by atoms with van der Waals surface area (Å²) in [6, 6.07) is 0.455. The zero-order chi connectivity index (χ0) is 11.4. The quantitative estimate of drug-likeness (QED) is 0.500. The molecular weight excluding hydrogens is 192 g/mol. The van der Waals surface area contributed by atoms with Crippen molar-refractivity contribution in [3.63, 3.8) is 0 Å². The lowest BCUT2D eigenvalue weighted by Crippen LogP contribution is -2.82. The minimum Gasteiger partial charge on any atom is -0.303 e. The van der Waals surface area contributed by atoms with E-state index in [9.17, 15) is 0 Å². The van der Waals surface area contributed by atoms with Crippen LogP contribution in [0.2, 0.25) is 0 Å². The van der Waals surface area contributed by atoms with Crippen LogP contribution in [0.25, 0.3) is 0 Å². The smallest absolute Gasteiger partial charge is 0.303 e. The summed E-state index contributed by atoms with van der Waals surface area (Å²) in [4.78, 5) is 13.9. The number of rotatable bonds is 5. The molecule has 0 amide bonds. The van der Waals surface area contributed by atoms with Gasteiger partial charge in [0.15, 0.2) is 0 Å². The van der Waals surface area contributed by atoms with Gasteiger partial charge in [-0.3, -0.25) is 9.96 Å². The van der Waals surface area contributed by atoms with Gasteiger partial charge in [-0.15, -0.1) is 0 Å². The molecule has 0 radical (unpaired) electrons. The Balaban J connectivity index is 4.53. The Kier molecular flexibility index (Phi) is 5.25. The maximum atomic E-state index is 3.61. The molecule has 4 N–H and O–H groups in total. The monoisotopic (exact) mass is 218 g/mol. The predicted molar refractivity (Wildman–Crippen MR) is 65.0 cm³/mol. The van der Waals surface area contributed by atoms with E-state index in [1.807, 2.05) is 14.1 Å². The van der Waals surface area contributed by atoms with Crippen molar-refractivity contribution in [3.05, 3.63) is 0 Å². The molecule has 0 aliphatic carbocycles. The van der Waals surface area contributed by atoms with Crippen LogP contribution in [-0.2, 0) is 0 Å². The highest BCUT2D eigenvalue weighted by molar-refractivity contribution is 6.70. The Bertz CT molecular complexity index is 161. The third-order valence-corrected chi connectivity index (χ3v) is 5.45. The van der Waals surface area contributed by atoms with E-state index >= 15 is 0 Å². The molecule has 0 rings (SSSR count). The fourth-order valence-electron chi connectivity index (χ4n) is 1.43. The minimum atomic E-state index is -1.94. The van der Waals surface area contributed by atoms with E-state index in [1.54, 1.807) is 0 Å². The van der Waals surface area contributed by atoms with Crippen LogP contribution in [0.3, 0.4) is 0 Å². The van der Waals surface area contributed by atoms with Crippen LogP contribution < -0.4 is 19.9 Å². The highest BCUT2D eigenvalue weighted by Crippen LogP contribution is 2.01. The van der Waals surface area contributed by atoms with E-state index < -0.39 is 8.72 Å². The molecule has 5 heteroatoms. The van der Waals surface area contributed by atoms with Gasteiger partial charge in [-0.1, -0.05) is 13.8 Å². The largest absolute Gasteiger partial charge is 0.366 e. The first-order valence-electron chi connectivity index (χ1n) is 5.19. The molecule has 0 saturated heterocycles. The summed E-state index contributed by atoms with van der Waals surface area (Å²) in [5.74, 6) is 0. The minimum absolute atomic E-state index is 0.0974. The van der Waals surface area contributed by atoms with Crippen molar-refractivity contribution in [2.24, 2.45) is 0 Å². The molecule has 0 spiro atoms. The van der Waals surface area contributed by atoms with Gasteiger partial charge >= 0.3 is 8.72 Å². The Morgan fingerprint density at radius 2 is 1.43 bits per heavy atom. The lowest BCUT2D eigenvalue weighted by atomic mass is 10.1. The number of hydrogen-bond acceptors (Lipinski definition) is 4. The second-order valence-corrected chi connectivity index (χ2v) is 7.96. The van der Waals surface area contributed by atoms with Crippen molar-refractivity contribution in [2.45, 2.75) is 46.2 Å². The van der Waals surface area contributed by atoms with E-state index in [0.717, 1.165) is 0 Å². The number of hydrogen-bond donors (Lipinski definition) is 4. The van der Waals surface area contributed by atoms with E-state index in [0.29, 0.717) is 6.04 Å². The first kappa shape index (κ1) is 14.1. The molecule has 0 saturated carbocycles. The van der Waals surface area contributed by atoms with Gasteiger partial charge in [-0.05, 0) is 40.9 Å². The van der Waals surface area contributed by atoms with Crippen LogP contribution in [0.15, 0.2) is 0 Å². The Labute approximate surface area is 89.6 Å². The molecule has 0 heterocycles. The summed E-state index contributed by atoms with van der Waals surface area (Å²) < 4.78 is 0. The maximum absolute atomic E-state index is 3.61. The molecule has 86 valence electrons. The van der Waals surface area contributed by atoms with Crippen LogP contribution in [0.4, 0.5) is 0 Å². The normalized spacial score (nSPS) is 13.7. The highest BCUT2D eigenvalue weighted by Gasteiger charge is 2.35. The Hall–Kier alpha value is 0.0569. The number of nitrogens with one attached hydrogen (secondary N) is 4. The SMILES string of the molecule is CN[Si](NC)(NC(C)C)NC(C)(C)C. The zero-order valence-electron chi connectivity index (χ0n) is 10.6. The van der Waals surface area contributed by atoms with Crippen molar-refractivity contribution in [1.29, 1.82) is 0 Å². The van der Waals surface area contributed by atoms with Gasteiger partial charge in [-0.25, -0.2) is 0 Å². The summed E-state index contributed by atoms with van der Waals surface area (Å²) in [7, 11) is 2.02. The van der Waals surface area contributed by atoms with Gasteiger partial charge in [0.1, 0.15) is 0 Å². The van der Waals surface area contributed by atoms with Gasteiger partial charge in [-0.2, -0.15) is 0 Å². The zero-order valence-corrected chi connectivity index (χ0v) is 11.6. The first-order valence-corrected chi connectivity index (χ1v) is 7.19. The van der Waals surface area contributed by atoms with Crippen LogP contribution in [-0.4, -0.2) is 34.4 Å². The Morgan fingerprint density at radius 1 is 1.00 bits per heavy atom. The van der Waals surface area contributed by atoms with Crippen LogP contribution >= 0.6 is 0 Å². The molecule has 0 fully saturated rings. The van der Waals surface area contributed by atoms with Gasteiger partial charge < -0.3 is 9.96 Å². The molecule has 0 aromatic carbocycles. The van der Waals surface area contributed by atoms with Crippen LogP contribution in [0.5, 0.6) is 0 Å². The molecule has 0 aromatic rings. The van der Waals surface area contributed by atoms with E-state index in [2.05, 4.69) is 54.5 Å². The molecule has 4 nitrogen and oxygen atoms in total. The molecule has 0 aliphatic rings. The van der Waals surface area contributed by atoms with Crippen LogP contribution in [0.1, 0.15) is 34.6 Å². The van der Waals surface area contributed by atoms with Crippen molar-refractivity contribution in [2.75, 3.05) is 14.1 Å². The summed E-state index contributed by atoms with van der Waals surface area (Å²) in [5.41, 5.74) is 0.0974.